The molecule has 1 N–H and O–H groups in total. The Labute approximate surface area is 124 Å². The Kier molecular flexibility index (Phi) is 3.14. The van der Waals surface area contributed by atoms with Gasteiger partial charge in [-0.1, -0.05) is 6.07 Å². The number of aromatic nitrogens is 2. The monoisotopic (exact) mass is 285 g/mol. The van der Waals surface area contributed by atoms with Gasteiger partial charge in [0, 0.05) is 25.7 Å². The number of hydrogen-bond acceptors (Lipinski definition) is 2. The van der Waals surface area contributed by atoms with Gasteiger partial charge in [-0.05, 0) is 56.2 Å². The summed E-state index contributed by atoms with van der Waals surface area (Å²) < 4.78 is 1.99. The second kappa shape index (κ2) is 5.02. The summed E-state index contributed by atoms with van der Waals surface area (Å²) in [6.07, 6.45) is 5.02. The zero-order chi connectivity index (χ0) is 14.4. The van der Waals surface area contributed by atoms with Crippen molar-refractivity contribution in [1.82, 2.24) is 14.5 Å². The standard InChI is InChI=1S/C17H23N3O/c1-12-2-5-16-15(10-12)18-17(21)20(16)14-6-8-19(9-7-14)11-13-3-4-13/h2,5,10,13-14H,3-4,6-9,11H2,1H3,(H,18,21). The van der Waals surface area contributed by atoms with Gasteiger partial charge < -0.3 is 9.88 Å². The summed E-state index contributed by atoms with van der Waals surface area (Å²) in [5.41, 5.74) is 3.28. The van der Waals surface area contributed by atoms with Crippen molar-refractivity contribution in [2.75, 3.05) is 19.6 Å². The molecule has 0 atom stereocenters. The number of aryl methyl sites for hydroxylation is 1. The lowest BCUT2D eigenvalue weighted by Crippen LogP contribution is -2.37. The van der Waals surface area contributed by atoms with Crippen LogP contribution in [0.3, 0.4) is 0 Å². The van der Waals surface area contributed by atoms with Crippen LogP contribution in [0.4, 0.5) is 0 Å². The first-order valence-corrected chi connectivity index (χ1v) is 8.14. The number of aromatic amines is 1. The van der Waals surface area contributed by atoms with Crippen molar-refractivity contribution in [1.29, 1.82) is 0 Å². The first-order valence-electron chi connectivity index (χ1n) is 8.14. The number of fused-ring (bicyclic) bond motifs is 1. The molecular formula is C17H23N3O. The molecule has 1 saturated heterocycles. The number of H-pyrrole nitrogens is 1. The second-order valence-electron chi connectivity index (χ2n) is 6.80. The number of benzene rings is 1. The van der Waals surface area contributed by atoms with E-state index in [2.05, 4.69) is 35.0 Å². The van der Waals surface area contributed by atoms with E-state index in [0.29, 0.717) is 6.04 Å². The Balaban J connectivity index is 1.56. The molecule has 1 saturated carbocycles. The smallest absolute Gasteiger partial charge is 0.306 e. The molecule has 0 unspecified atom stereocenters. The van der Waals surface area contributed by atoms with Crippen molar-refractivity contribution in [3.8, 4) is 0 Å². The lowest BCUT2D eigenvalue weighted by Gasteiger charge is -2.32. The van der Waals surface area contributed by atoms with Crippen LogP contribution in [-0.4, -0.2) is 34.1 Å². The van der Waals surface area contributed by atoms with Crippen molar-refractivity contribution < 1.29 is 0 Å². The van der Waals surface area contributed by atoms with Gasteiger partial charge in [-0.15, -0.1) is 0 Å². The molecule has 2 heterocycles. The molecule has 2 aromatic rings. The van der Waals surface area contributed by atoms with Crippen LogP contribution < -0.4 is 5.69 Å². The molecule has 4 nitrogen and oxygen atoms in total. The maximum absolute atomic E-state index is 12.3. The first-order chi connectivity index (χ1) is 10.2. The maximum atomic E-state index is 12.3. The molecule has 4 rings (SSSR count). The van der Waals surface area contributed by atoms with Gasteiger partial charge in [0.05, 0.1) is 11.0 Å². The minimum Gasteiger partial charge on any atom is -0.306 e. The van der Waals surface area contributed by atoms with E-state index in [4.69, 9.17) is 0 Å². The van der Waals surface area contributed by atoms with Crippen molar-refractivity contribution >= 4 is 11.0 Å². The number of nitrogens with one attached hydrogen (secondary N) is 1. The molecule has 0 radical (unpaired) electrons. The van der Waals surface area contributed by atoms with Gasteiger partial charge in [-0.3, -0.25) is 4.57 Å². The number of likely N-dealkylation sites (tertiary alicyclic amines) is 1. The van der Waals surface area contributed by atoms with Gasteiger partial charge in [0.15, 0.2) is 0 Å². The largest absolute Gasteiger partial charge is 0.326 e. The van der Waals surface area contributed by atoms with E-state index >= 15 is 0 Å². The average molecular weight is 285 g/mol. The van der Waals surface area contributed by atoms with E-state index in [1.165, 1.54) is 24.9 Å². The lowest BCUT2D eigenvalue weighted by molar-refractivity contribution is 0.180. The topological polar surface area (TPSA) is 41.0 Å². The minimum absolute atomic E-state index is 0.0521. The van der Waals surface area contributed by atoms with E-state index in [1.54, 1.807) is 0 Å². The molecule has 112 valence electrons. The highest BCUT2D eigenvalue weighted by Gasteiger charge is 2.28. The predicted octanol–water partition coefficient (Wildman–Crippen LogP) is 2.68. The molecule has 1 aliphatic carbocycles. The fraction of sp³-hybridized carbons (Fsp3) is 0.588. The fourth-order valence-corrected chi connectivity index (χ4v) is 3.63. The van der Waals surface area contributed by atoms with E-state index in [0.717, 1.165) is 42.9 Å². The summed E-state index contributed by atoms with van der Waals surface area (Å²) in [7, 11) is 0. The van der Waals surface area contributed by atoms with E-state index in [9.17, 15) is 4.79 Å². The van der Waals surface area contributed by atoms with Gasteiger partial charge in [-0.2, -0.15) is 0 Å². The zero-order valence-electron chi connectivity index (χ0n) is 12.6. The number of imidazole rings is 1. The maximum Gasteiger partial charge on any atom is 0.326 e. The van der Waals surface area contributed by atoms with Crippen LogP contribution in [0.15, 0.2) is 23.0 Å². The molecule has 0 bridgehead atoms. The van der Waals surface area contributed by atoms with Crippen LogP contribution in [0.25, 0.3) is 11.0 Å². The molecule has 1 aliphatic heterocycles. The van der Waals surface area contributed by atoms with Crippen LogP contribution in [-0.2, 0) is 0 Å². The molecule has 1 aromatic carbocycles. The van der Waals surface area contributed by atoms with Crippen molar-refractivity contribution in [2.45, 2.75) is 38.6 Å². The highest BCUT2D eigenvalue weighted by Crippen LogP contribution is 2.32. The van der Waals surface area contributed by atoms with E-state index in [1.807, 2.05) is 4.57 Å². The third-order valence-corrected chi connectivity index (χ3v) is 5.01. The lowest BCUT2D eigenvalue weighted by atomic mass is 10.0. The molecule has 0 amide bonds. The van der Waals surface area contributed by atoms with Crippen molar-refractivity contribution in [2.24, 2.45) is 5.92 Å². The molecule has 2 aliphatic rings. The number of hydrogen-bond donors (Lipinski definition) is 1. The number of piperidine rings is 1. The van der Waals surface area contributed by atoms with E-state index in [-0.39, 0.29) is 5.69 Å². The highest BCUT2D eigenvalue weighted by atomic mass is 16.1. The van der Waals surface area contributed by atoms with Crippen LogP contribution in [0.5, 0.6) is 0 Å². The summed E-state index contributed by atoms with van der Waals surface area (Å²) in [6, 6.07) is 6.59. The summed E-state index contributed by atoms with van der Waals surface area (Å²) in [6.45, 7) is 5.60. The fourth-order valence-electron chi connectivity index (χ4n) is 3.63. The van der Waals surface area contributed by atoms with Crippen LogP contribution in [0, 0.1) is 12.8 Å². The predicted molar refractivity (Wildman–Crippen MR) is 84.7 cm³/mol. The summed E-state index contributed by atoms with van der Waals surface area (Å²) in [5.74, 6) is 0.959. The minimum atomic E-state index is 0.0521. The number of rotatable bonds is 3. The molecule has 2 fully saturated rings. The Bertz CT molecular complexity index is 702. The van der Waals surface area contributed by atoms with Crippen LogP contribution in [0.2, 0.25) is 0 Å². The third-order valence-electron chi connectivity index (χ3n) is 5.01. The molecule has 0 spiro atoms. The van der Waals surface area contributed by atoms with Crippen LogP contribution in [0.1, 0.15) is 37.3 Å². The second-order valence-corrected chi connectivity index (χ2v) is 6.80. The average Bonchev–Trinajstić information content (AvgIpc) is 3.21. The van der Waals surface area contributed by atoms with E-state index < -0.39 is 0 Å². The Hall–Kier alpha value is -1.55. The van der Waals surface area contributed by atoms with Crippen molar-refractivity contribution in [3.63, 3.8) is 0 Å². The number of nitrogens with zero attached hydrogens (tertiary/aromatic N) is 2. The molecule has 4 heteroatoms. The van der Waals surface area contributed by atoms with Gasteiger partial charge >= 0.3 is 5.69 Å². The summed E-state index contributed by atoms with van der Waals surface area (Å²) in [4.78, 5) is 17.9. The summed E-state index contributed by atoms with van der Waals surface area (Å²) in [5, 5.41) is 0. The Morgan fingerprint density at radius 2 is 1.95 bits per heavy atom. The first kappa shape index (κ1) is 13.1. The van der Waals surface area contributed by atoms with Gasteiger partial charge in [0.1, 0.15) is 0 Å². The van der Waals surface area contributed by atoms with Gasteiger partial charge in [-0.25, -0.2) is 4.79 Å². The Morgan fingerprint density at radius 1 is 1.19 bits per heavy atom. The highest BCUT2D eigenvalue weighted by molar-refractivity contribution is 5.76. The molecular weight excluding hydrogens is 262 g/mol. The van der Waals surface area contributed by atoms with Crippen molar-refractivity contribution in [3.05, 3.63) is 34.2 Å². The Morgan fingerprint density at radius 3 is 2.67 bits per heavy atom. The van der Waals surface area contributed by atoms with Gasteiger partial charge in [0.25, 0.3) is 0 Å². The summed E-state index contributed by atoms with van der Waals surface area (Å²) >= 11 is 0. The van der Waals surface area contributed by atoms with Crippen LogP contribution >= 0.6 is 0 Å². The van der Waals surface area contributed by atoms with Gasteiger partial charge in [0.2, 0.25) is 0 Å². The zero-order valence-corrected chi connectivity index (χ0v) is 12.6. The third kappa shape index (κ3) is 2.53. The molecule has 1 aromatic heterocycles. The quantitative estimate of drug-likeness (QED) is 0.942. The SMILES string of the molecule is Cc1ccc2c(c1)[nH]c(=O)n2C1CCN(CC2CC2)CC1. The normalized spacial score (nSPS) is 21.2. The molecule has 21 heavy (non-hydrogen) atoms.